The van der Waals surface area contributed by atoms with E-state index in [1.54, 1.807) is 38.6 Å². The molecule has 0 bridgehead atoms. The number of methoxy groups -OCH3 is 1. The molecular weight excluding hydrogens is 638 g/mol. The van der Waals surface area contributed by atoms with Crippen molar-refractivity contribution in [1.29, 1.82) is 0 Å². The zero-order chi connectivity index (χ0) is 33.1. The van der Waals surface area contributed by atoms with E-state index in [1.807, 2.05) is 0 Å². The van der Waals surface area contributed by atoms with Crippen molar-refractivity contribution in [2.24, 2.45) is 0 Å². The number of hydrogen-bond donors (Lipinski definition) is 2. The molecule has 2 aliphatic heterocycles. The van der Waals surface area contributed by atoms with Crippen LogP contribution in [0.3, 0.4) is 0 Å². The molecule has 0 saturated carbocycles. The maximum Gasteiger partial charge on any atom is 0.229 e. The summed E-state index contributed by atoms with van der Waals surface area (Å²) in [6.45, 7) is 10.3. The molecule has 47 heavy (non-hydrogen) atoms. The molecule has 2 aromatic heterocycles. The quantitative estimate of drug-likeness (QED) is 0.233. The number of nitrogens with zero attached hydrogens (tertiary/aromatic N) is 7. The number of piperidine rings is 1. The number of hydrogen-bond acceptors (Lipinski definition) is 12. The highest BCUT2D eigenvalue weighted by Crippen LogP contribution is 2.37. The molecule has 0 amide bonds. The van der Waals surface area contributed by atoms with E-state index in [1.165, 1.54) is 6.20 Å². The number of aryl methyl sites for hydroxylation is 1. The van der Waals surface area contributed by atoms with Gasteiger partial charge in [-0.25, -0.2) is 13.4 Å². The van der Waals surface area contributed by atoms with E-state index in [0.717, 1.165) is 69.0 Å². The van der Waals surface area contributed by atoms with Crippen molar-refractivity contribution in [3.63, 3.8) is 0 Å². The van der Waals surface area contributed by atoms with Crippen LogP contribution in [0.2, 0.25) is 5.02 Å². The van der Waals surface area contributed by atoms with Gasteiger partial charge in [0, 0.05) is 86.5 Å². The molecule has 2 aromatic carbocycles. The van der Waals surface area contributed by atoms with E-state index in [4.69, 9.17) is 16.3 Å². The van der Waals surface area contributed by atoms with Crippen LogP contribution in [0.5, 0.6) is 5.75 Å². The second-order valence-electron chi connectivity index (χ2n) is 12.2. The average Bonchev–Trinajstić information content (AvgIpc) is 3.08. The summed E-state index contributed by atoms with van der Waals surface area (Å²) in [5.74, 6) is 1.10. The lowest BCUT2D eigenvalue weighted by atomic mass is 10.0. The van der Waals surface area contributed by atoms with Gasteiger partial charge in [0.2, 0.25) is 5.95 Å². The summed E-state index contributed by atoms with van der Waals surface area (Å²) >= 11 is 6.54. The van der Waals surface area contributed by atoms with Crippen LogP contribution in [-0.2, 0) is 15.6 Å². The molecule has 0 radical (unpaired) electrons. The first kappa shape index (κ1) is 33.1. The zero-order valence-corrected chi connectivity index (χ0v) is 28.9. The van der Waals surface area contributed by atoms with Gasteiger partial charge in [-0.2, -0.15) is 4.98 Å². The molecule has 4 aromatic rings. The monoisotopic (exact) mass is 679 g/mol. The fourth-order valence-electron chi connectivity index (χ4n) is 6.39. The molecule has 0 unspecified atom stereocenters. The Hall–Kier alpha value is -3.78. The van der Waals surface area contributed by atoms with E-state index in [9.17, 15) is 8.42 Å². The van der Waals surface area contributed by atoms with Gasteiger partial charge in [0.1, 0.15) is 10.8 Å². The molecule has 2 fully saturated rings. The zero-order valence-electron chi connectivity index (χ0n) is 27.3. The van der Waals surface area contributed by atoms with Gasteiger partial charge in [-0.1, -0.05) is 18.5 Å². The Morgan fingerprint density at radius 3 is 2.45 bits per heavy atom. The number of piperazine rings is 1. The molecule has 250 valence electrons. The molecule has 2 aliphatic rings. The Morgan fingerprint density at radius 1 is 0.979 bits per heavy atom. The van der Waals surface area contributed by atoms with E-state index < -0.39 is 9.84 Å². The third kappa shape index (κ3) is 7.53. The number of ether oxygens (including phenoxy) is 1. The minimum atomic E-state index is -3.38. The summed E-state index contributed by atoms with van der Waals surface area (Å²) in [4.78, 5) is 25.4. The van der Waals surface area contributed by atoms with Crippen LogP contribution in [0.15, 0.2) is 42.9 Å². The fraction of sp³-hybridized carbons (Fsp3) is 0.455. The van der Waals surface area contributed by atoms with Gasteiger partial charge in [0.25, 0.3) is 0 Å². The van der Waals surface area contributed by atoms with Crippen molar-refractivity contribution < 1.29 is 13.2 Å². The molecule has 0 aliphatic carbocycles. The molecule has 2 saturated heterocycles. The molecule has 0 atom stereocenters. The smallest absolute Gasteiger partial charge is 0.229 e. The lowest BCUT2D eigenvalue weighted by Crippen LogP contribution is -2.52. The number of sulfone groups is 1. The molecule has 6 rings (SSSR count). The number of fused-ring (bicyclic) bond motifs is 1. The molecule has 12 nitrogen and oxygen atoms in total. The van der Waals surface area contributed by atoms with Crippen LogP contribution < -0.4 is 20.3 Å². The van der Waals surface area contributed by atoms with Gasteiger partial charge in [0.15, 0.2) is 15.7 Å². The third-order valence-corrected chi connectivity index (χ3v) is 11.1. The van der Waals surface area contributed by atoms with E-state index in [0.29, 0.717) is 45.8 Å². The molecule has 2 N–H and O–H groups in total. The van der Waals surface area contributed by atoms with Gasteiger partial charge in [-0.15, -0.1) is 0 Å². The second-order valence-corrected chi connectivity index (χ2v) is 15.0. The van der Waals surface area contributed by atoms with Gasteiger partial charge >= 0.3 is 0 Å². The summed E-state index contributed by atoms with van der Waals surface area (Å²) in [6, 6.07) is 8.33. The van der Waals surface area contributed by atoms with Crippen LogP contribution in [0, 0.1) is 6.92 Å². The van der Waals surface area contributed by atoms with Crippen molar-refractivity contribution in [1.82, 2.24) is 29.7 Å². The number of halogens is 1. The summed E-state index contributed by atoms with van der Waals surface area (Å²) in [5.41, 5.74) is 5.14. The van der Waals surface area contributed by atoms with Crippen molar-refractivity contribution in [3.05, 3.63) is 59.0 Å². The Balaban J connectivity index is 1.21. The van der Waals surface area contributed by atoms with E-state index >= 15 is 0 Å². The Kier molecular flexibility index (Phi) is 9.97. The molecule has 14 heteroatoms. The summed E-state index contributed by atoms with van der Waals surface area (Å²) in [6.07, 6.45) is 6.92. The minimum Gasteiger partial charge on any atom is -0.494 e. The highest BCUT2D eigenvalue weighted by Gasteiger charge is 2.28. The Labute approximate surface area is 281 Å². The second kappa shape index (κ2) is 14.1. The topological polar surface area (TPSA) is 129 Å². The van der Waals surface area contributed by atoms with Crippen molar-refractivity contribution >= 4 is 61.3 Å². The van der Waals surface area contributed by atoms with Crippen molar-refractivity contribution in [3.8, 4) is 5.75 Å². The standard InChI is InChI=1S/C33H42ClN9O3S/c1-5-47(44,45)21-24-26(6-7-27-31(24)36-11-10-35-27)38-32-25(34)20-37-33(40-32)39-28-18-22(2)29(19-30(28)46-4)43-12-8-23(9-13-43)42-16-14-41(3)15-17-42/h6-7,10-11,18-20,23H,5,8-9,12-17,21H2,1-4H3,(H2,37,38,39,40). The molecule has 4 heterocycles. The van der Waals surface area contributed by atoms with Gasteiger partial charge in [-0.05, 0) is 50.6 Å². The van der Waals surface area contributed by atoms with Crippen LogP contribution >= 0.6 is 11.6 Å². The molecular formula is C33H42ClN9O3S. The Morgan fingerprint density at radius 2 is 1.72 bits per heavy atom. The fourth-order valence-corrected chi connectivity index (χ4v) is 7.46. The number of likely N-dealkylation sites (N-methyl/N-ethyl adjacent to an activating group) is 1. The normalized spacial score (nSPS) is 16.8. The molecule has 0 spiro atoms. The Bertz CT molecular complexity index is 1840. The number of anilines is 5. The summed E-state index contributed by atoms with van der Waals surface area (Å²) in [5, 5.41) is 6.80. The highest BCUT2D eigenvalue weighted by molar-refractivity contribution is 7.90. The van der Waals surface area contributed by atoms with Crippen molar-refractivity contribution in [2.45, 2.75) is 38.5 Å². The van der Waals surface area contributed by atoms with E-state index in [2.05, 4.69) is 71.4 Å². The minimum absolute atomic E-state index is 0.000346. The van der Waals surface area contributed by atoms with Gasteiger partial charge < -0.3 is 25.2 Å². The van der Waals surface area contributed by atoms with Crippen molar-refractivity contribution in [2.75, 3.05) is 74.7 Å². The predicted octanol–water partition coefficient (Wildman–Crippen LogP) is 5.03. The van der Waals surface area contributed by atoms with E-state index in [-0.39, 0.29) is 16.5 Å². The number of aromatic nitrogens is 4. The first-order valence-corrected chi connectivity index (χ1v) is 18.2. The van der Waals surface area contributed by atoms with Gasteiger partial charge in [0.05, 0.1) is 35.8 Å². The predicted molar refractivity (Wildman–Crippen MR) is 188 cm³/mol. The van der Waals surface area contributed by atoms with Crippen LogP contribution in [-0.4, -0.2) is 103 Å². The number of rotatable bonds is 10. The van der Waals surface area contributed by atoms with Gasteiger partial charge in [-0.3, -0.25) is 14.9 Å². The number of benzene rings is 2. The lowest BCUT2D eigenvalue weighted by Gasteiger charge is -2.43. The third-order valence-electron chi connectivity index (χ3n) is 9.17. The highest BCUT2D eigenvalue weighted by atomic mass is 35.5. The SMILES string of the molecule is CCS(=O)(=O)Cc1c(Nc2nc(Nc3cc(C)c(N4CCC(N5CCN(C)CC5)CC4)cc3OC)ncc2Cl)ccc2nccnc12. The van der Waals surface area contributed by atoms with Crippen LogP contribution in [0.1, 0.15) is 30.9 Å². The first-order valence-electron chi connectivity index (χ1n) is 16.0. The van der Waals surface area contributed by atoms with Crippen LogP contribution in [0.25, 0.3) is 11.0 Å². The lowest BCUT2D eigenvalue weighted by molar-refractivity contribution is 0.0982. The largest absolute Gasteiger partial charge is 0.494 e. The summed E-state index contributed by atoms with van der Waals surface area (Å²) < 4.78 is 31.2. The summed E-state index contributed by atoms with van der Waals surface area (Å²) in [7, 11) is 0.478. The maximum atomic E-state index is 12.7. The maximum absolute atomic E-state index is 12.7. The number of nitrogens with one attached hydrogen (secondary N) is 2. The first-order chi connectivity index (χ1) is 22.6. The van der Waals surface area contributed by atoms with Crippen LogP contribution in [0.4, 0.5) is 28.8 Å². The average molecular weight is 680 g/mol.